The van der Waals surface area contributed by atoms with Crippen LogP contribution < -0.4 is 5.32 Å². The van der Waals surface area contributed by atoms with E-state index in [0.717, 1.165) is 6.54 Å². The molecule has 0 aliphatic heterocycles. The third-order valence-electron chi connectivity index (χ3n) is 3.76. The highest BCUT2D eigenvalue weighted by atomic mass is 15.2. The molecule has 0 amide bonds. The van der Waals surface area contributed by atoms with Crippen LogP contribution in [-0.2, 0) is 0 Å². The Balaban J connectivity index is 4.50. The Bertz CT molecular complexity index is 153. The molecule has 0 aromatic rings. The summed E-state index contributed by atoms with van der Waals surface area (Å²) < 4.78 is 0. The quantitative estimate of drug-likeness (QED) is 0.651. The molecule has 0 spiro atoms. The average Bonchev–Trinajstić information content (AvgIpc) is 2.29. The Labute approximate surface area is 103 Å². The van der Waals surface area contributed by atoms with Crippen LogP contribution in [0.4, 0.5) is 0 Å². The van der Waals surface area contributed by atoms with Gasteiger partial charge in [0.2, 0.25) is 0 Å². The zero-order valence-electron chi connectivity index (χ0n) is 12.2. The largest absolute Gasteiger partial charge is 0.313 e. The second kappa shape index (κ2) is 9.00. The van der Waals surface area contributed by atoms with Gasteiger partial charge in [-0.2, -0.15) is 0 Å². The van der Waals surface area contributed by atoms with Crippen molar-refractivity contribution in [1.82, 2.24) is 10.2 Å². The normalized spacial score (nSPS) is 17.4. The molecule has 0 bridgehead atoms. The minimum Gasteiger partial charge on any atom is -0.313 e. The predicted molar refractivity (Wildman–Crippen MR) is 74.0 cm³/mol. The number of hydrogen-bond donors (Lipinski definition) is 1. The van der Waals surface area contributed by atoms with Gasteiger partial charge in [-0.25, -0.2) is 0 Å². The predicted octanol–water partition coefficient (Wildman–Crippen LogP) is 3.27. The first-order chi connectivity index (χ1) is 7.62. The smallest absolute Gasteiger partial charge is 0.0246 e. The molecule has 0 fully saturated rings. The highest BCUT2D eigenvalue weighted by Crippen LogP contribution is 2.16. The molecule has 98 valence electrons. The van der Waals surface area contributed by atoms with Gasteiger partial charge in [0.05, 0.1) is 0 Å². The fourth-order valence-electron chi connectivity index (χ4n) is 2.47. The standard InChI is InChI=1S/C14H32N2/c1-7-11-13(15-10-4)14(9-3)16(6)12(5)8-2/h12-15H,7-11H2,1-6H3. The van der Waals surface area contributed by atoms with Crippen LogP contribution in [-0.4, -0.2) is 36.6 Å². The molecule has 3 unspecified atom stereocenters. The Morgan fingerprint density at radius 3 is 2.06 bits per heavy atom. The lowest BCUT2D eigenvalue weighted by molar-refractivity contribution is 0.134. The van der Waals surface area contributed by atoms with Crippen LogP contribution >= 0.6 is 0 Å². The Kier molecular flexibility index (Phi) is 8.96. The van der Waals surface area contributed by atoms with E-state index in [1.54, 1.807) is 0 Å². The van der Waals surface area contributed by atoms with Gasteiger partial charge in [-0.3, -0.25) is 4.90 Å². The average molecular weight is 228 g/mol. The first-order valence-electron chi connectivity index (χ1n) is 7.07. The molecule has 0 rings (SSSR count). The molecular weight excluding hydrogens is 196 g/mol. The molecule has 0 aromatic carbocycles. The van der Waals surface area contributed by atoms with Crippen LogP contribution in [0.25, 0.3) is 0 Å². The van der Waals surface area contributed by atoms with E-state index in [2.05, 4.69) is 51.9 Å². The summed E-state index contributed by atoms with van der Waals surface area (Å²) in [7, 11) is 2.28. The Hall–Kier alpha value is -0.0800. The van der Waals surface area contributed by atoms with E-state index in [4.69, 9.17) is 0 Å². The van der Waals surface area contributed by atoms with Crippen molar-refractivity contribution in [1.29, 1.82) is 0 Å². The summed E-state index contributed by atoms with van der Waals surface area (Å²) >= 11 is 0. The van der Waals surface area contributed by atoms with Gasteiger partial charge in [0, 0.05) is 18.1 Å². The zero-order chi connectivity index (χ0) is 12.6. The molecule has 0 aliphatic carbocycles. The molecule has 2 nitrogen and oxygen atoms in total. The molecule has 16 heavy (non-hydrogen) atoms. The van der Waals surface area contributed by atoms with Crippen LogP contribution in [0.5, 0.6) is 0 Å². The van der Waals surface area contributed by atoms with Crippen LogP contribution in [0.2, 0.25) is 0 Å². The second-order valence-corrected chi connectivity index (χ2v) is 4.85. The van der Waals surface area contributed by atoms with E-state index < -0.39 is 0 Å². The SMILES string of the molecule is CCCC(NCC)C(CC)N(C)C(C)CC. The second-order valence-electron chi connectivity index (χ2n) is 4.85. The van der Waals surface area contributed by atoms with Crippen molar-refractivity contribution in [3.63, 3.8) is 0 Å². The molecule has 0 saturated carbocycles. The van der Waals surface area contributed by atoms with Crippen LogP contribution in [0.1, 0.15) is 60.3 Å². The van der Waals surface area contributed by atoms with Gasteiger partial charge in [0.25, 0.3) is 0 Å². The summed E-state index contributed by atoms with van der Waals surface area (Å²) in [6, 6.07) is 2.01. The summed E-state index contributed by atoms with van der Waals surface area (Å²) in [6.07, 6.45) is 5.02. The molecule has 3 atom stereocenters. The number of nitrogens with zero attached hydrogens (tertiary/aromatic N) is 1. The summed E-state index contributed by atoms with van der Waals surface area (Å²) in [5.74, 6) is 0. The van der Waals surface area contributed by atoms with Crippen LogP contribution in [0.15, 0.2) is 0 Å². The Morgan fingerprint density at radius 1 is 1.06 bits per heavy atom. The van der Waals surface area contributed by atoms with Crippen LogP contribution in [0, 0.1) is 0 Å². The van der Waals surface area contributed by atoms with Gasteiger partial charge in [0.15, 0.2) is 0 Å². The third-order valence-corrected chi connectivity index (χ3v) is 3.76. The Morgan fingerprint density at radius 2 is 1.69 bits per heavy atom. The monoisotopic (exact) mass is 228 g/mol. The summed E-state index contributed by atoms with van der Waals surface area (Å²) in [5, 5.41) is 3.65. The number of likely N-dealkylation sites (N-methyl/N-ethyl adjacent to an activating group) is 2. The lowest BCUT2D eigenvalue weighted by Gasteiger charge is -2.38. The maximum Gasteiger partial charge on any atom is 0.0246 e. The number of nitrogens with one attached hydrogen (secondary N) is 1. The van der Waals surface area contributed by atoms with Gasteiger partial charge in [-0.15, -0.1) is 0 Å². The molecular formula is C14H32N2. The number of rotatable bonds is 9. The fraction of sp³-hybridized carbons (Fsp3) is 1.00. The molecule has 0 saturated heterocycles. The number of hydrogen-bond acceptors (Lipinski definition) is 2. The van der Waals surface area contributed by atoms with Gasteiger partial charge in [-0.1, -0.05) is 34.1 Å². The van der Waals surface area contributed by atoms with Gasteiger partial charge in [-0.05, 0) is 39.8 Å². The lowest BCUT2D eigenvalue weighted by atomic mass is 9.98. The van der Waals surface area contributed by atoms with E-state index in [9.17, 15) is 0 Å². The van der Waals surface area contributed by atoms with E-state index in [-0.39, 0.29) is 0 Å². The van der Waals surface area contributed by atoms with Crippen molar-refractivity contribution in [2.75, 3.05) is 13.6 Å². The lowest BCUT2D eigenvalue weighted by Crippen LogP contribution is -2.51. The zero-order valence-corrected chi connectivity index (χ0v) is 12.2. The van der Waals surface area contributed by atoms with Gasteiger partial charge < -0.3 is 5.32 Å². The molecule has 1 N–H and O–H groups in total. The van der Waals surface area contributed by atoms with Crippen LogP contribution in [0.3, 0.4) is 0 Å². The van der Waals surface area contributed by atoms with Gasteiger partial charge in [0.1, 0.15) is 0 Å². The molecule has 0 radical (unpaired) electrons. The molecule has 2 heteroatoms. The minimum atomic E-state index is 0.652. The van der Waals surface area contributed by atoms with Crippen molar-refractivity contribution in [3.05, 3.63) is 0 Å². The summed E-state index contributed by atoms with van der Waals surface area (Å²) in [5.41, 5.74) is 0. The molecule has 0 aromatic heterocycles. The fourth-order valence-corrected chi connectivity index (χ4v) is 2.47. The third kappa shape index (κ3) is 4.84. The molecule has 0 aliphatic rings. The summed E-state index contributed by atoms with van der Waals surface area (Å²) in [6.45, 7) is 12.5. The summed E-state index contributed by atoms with van der Waals surface area (Å²) in [4.78, 5) is 2.56. The highest BCUT2D eigenvalue weighted by Gasteiger charge is 2.24. The van der Waals surface area contributed by atoms with E-state index in [1.807, 2.05) is 0 Å². The molecule has 0 heterocycles. The topological polar surface area (TPSA) is 15.3 Å². The highest BCUT2D eigenvalue weighted by molar-refractivity contribution is 4.83. The maximum atomic E-state index is 3.65. The van der Waals surface area contributed by atoms with Crippen molar-refractivity contribution in [2.24, 2.45) is 0 Å². The van der Waals surface area contributed by atoms with Crippen molar-refractivity contribution < 1.29 is 0 Å². The minimum absolute atomic E-state index is 0.652. The first kappa shape index (κ1) is 15.9. The van der Waals surface area contributed by atoms with Crippen molar-refractivity contribution in [3.8, 4) is 0 Å². The van der Waals surface area contributed by atoms with E-state index in [0.29, 0.717) is 18.1 Å². The van der Waals surface area contributed by atoms with Crippen molar-refractivity contribution in [2.45, 2.75) is 78.4 Å². The van der Waals surface area contributed by atoms with E-state index >= 15 is 0 Å². The first-order valence-corrected chi connectivity index (χ1v) is 7.07. The van der Waals surface area contributed by atoms with E-state index in [1.165, 1.54) is 25.7 Å². The maximum absolute atomic E-state index is 3.65. The van der Waals surface area contributed by atoms with Gasteiger partial charge >= 0.3 is 0 Å². The van der Waals surface area contributed by atoms with Crippen molar-refractivity contribution >= 4 is 0 Å².